The van der Waals surface area contributed by atoms with Crippen LogP contribution in [-0.4, -0.2) is 69.7 Å². The third kappa shape index (κ3) is 13.4. The Hall–Kier alpha value is -3.03. The fourth-order valence-electron chi connectivity index (χ4n) is 13.3. The lowest BCUT2D eigenvalue weighted by Gasteiger charge is -2.46. The van der Waals surface area contributed by atoms with Gasteiger partial charge >= 0.3 is 0 Å². The van der Waals surface area contributed by atoms with Gasteiger partial charge in [-0.2, -0.15) is 0 Å². The molecular weight excluding hydrogens is 973 g/mol. The first-order valence-electron chi connectivity index (χ1n) is 29.3. The number of rotatable bonds is 18. The summed E-state index contributed by atoms with van der Waals surface area (Å²) >= 11 is 0. The van der Waals surface area contributed by atoms with Gasteiger partial charge in [-0.1, -0.05) is 161 Å². The summed E-state index contributed by atoms with van der Waals surface area (Å²) in [6.45, 7) is 37.0. The number of fused-ring (bicyclic) bond motifs is 4. The molecule has 4 aromatic rings. The molecule has 0 bridgehead atoms. The van der Waals surface area contributed by atoms with E-state index in [0.717, 1.165) is 76.1 Å². The van der Waals surface area contributed by atoms with E-state index in [1.54, 1.807) is 7.11 Å². The van der Waals surface area contributed by atoms with E-state index in [0.29, 0.717) is 47.3 Å². The summed E-state index contributed by atoms with van der Waals surface area (Å²) in [6, 6.07) is 35.5. The van der Waals surface area contributed by atoms with Crippen molar-refractivity contribution in [2.45, 2.75) is 194 Å². The predicted octanol–water partition coefficient (Wildman–Crippen LogP) is 15.3. The van der Waals surface area contributed by atoms with Gasteiger partial charge in [0.2, 0.25) is 0 Å². The topological polar surface area (TPSA) is 66.4 Å². The molecule has 0 radical (unpaired) electrons. The first kappa shape index (κ1) is 59.6. The number of hydrogen-bond acceptors (Lipinski definition) is 6. The van der Waals surface area contributed by atoms with Gasteiger partial charge in [-0.05, 0) is 198 Å². The second kappa shape index (κ2) is 24.1. The molecule has 10 atom stereocenters. The minimum Gasteiger partial charge on any atom is -0.496 e. The highest BCUT2D eigenvalue weighted by molar-refractivity contribution is 6.99. The molecular formula is C66H102O6Si3. The van der Waals surface area contributed by atoms with Crippen molar-refractivity contribution in [1.82, 2.24) is 0 Å². The number of methoxy groups -OCH3 is 2. The van der Waals surface area contributed by atoms with Gasteiger partial charge in [-0.3, -0.25) is 0 Å². The van der Waals surface area contributed by atoms with Gasteiger partial charge in [0.15, 0.2) is 16.6 Å². The molecule has 4 aliphatic carbocycles. The van der Waals surface area contributed by atoms with Crippen molar-refractivity contribution in [2.75, 3.05) is 27.4 Å². The summed E-state index contributed by atoms with van der Waals surface area (Å²) in [6.07, 6.45) is 11.1. The molecule has 0 heterocycles. The van der Waals surface area contributed by atoms with Crippen LogP contribution in [0.1, 0.15) is 137 Å². The van der Waals surface area contributed by atoms with E-state index in [2.05, 4.69) is 199 Å². The van der Waals surface area contributed by atoms with E-state index in [-0.39, 0.29) is 27.3 Å². The maximum Gasteiger partial charge on any atom is 0.261 e. The highest BCUT2D eigenvalue weighted by atomic mass is 28.4. The average Bonchev–Trinajstić information content (AvgIpc) is 3.86. The maximum atomic E-state index is 10.8. The van der Waals surface area contributed by atoms with Crippen LogP contribution in [0.3, 0.4) is 0 Å². The molecule has 1 N–H and O–H groups in total. The molecule has 0 saturated heterocycles. The molecule has 4 aromatic carbocycles. The van der Waals surface area contributed by atoms with Crippen LogP contribution >= 0.6 is 0 Å². The van der Waals surface area contributed by atoms with Crippen LogP contribution in [0.15, 0.2) is 97.1 Å². The van der Waals surface area contributed by atoms with Crippen LogP contribution in [-0.2, 0) is 39.0 Å². The van der Waals surface area contributed by atoms with Crippen LogP contribution in [0, 0.1) is 47.3 Å². The highest BCUT2D eigenvalue weighted by Crippen LogP contribution is 2.53. The second-order valence-corrected chi connectivity index (χ2v) is 41.9. The van der Waals surface area contributed by atoms with Crippen LogP contribution in [0.4, 0.5) is 0 Å². The van der Waals surface area contributed by atoms with E-state index in [9.17, 15) is 5.11 Å². The smallest absolute Gasteiger partial charge is 0.261 e. The molecule has 75 heavy (non-hydrogen) atoms. The zero-order valence-corrected chi connectivity index (χ0v) is 53.0. The van der Waals surface area contributed by atoms with E-state index < -0.39 is 25.0 Å². The van der Waals surface area contributed by atoms with Crippen molar-refractivity contribution in [3.05, 3.63) is 119 Å². The molecule has 414 valence electrons. The SMILES string of the molecule is COc1cccc2c1C[C@H]1C[C@@H](O)C(CC[C@@H](C)CO[Si](C)(C)C(C)(C)C)[C@H]1C2.COc1cccc2c1C[C@H]1C[C@@H](O[Si](c3ccccc3)(c3ccccc3)C(C)(C)C)[C@H](CC[C@@H](C)CO[Si](C)(C)C(C)(C)C)[C@H]1C2. The van der Waals surface area contributed by atoms with Crippen LogP contribution in [0.25, 0.3) is 0 Å². The van der Waals surface area contributed by atoms with Crippen LogP contribution < -0.4 is 19.8 Å². The third-order valence-electron chi connectivity index (χ3n) is 19.9. The Morgan fingerprint density at radius 3 is 1.35 bits per heavy atom. The molecule has 6 nitrogen and oxygen atoms in total. The van der Waals surface area contributed by atoms with E-state index in [1.807, 2.05) is 7.11 Å². The standard InChI is InChI=1S/C41H60O3Si2.C25H42O3Si/c1-30(29-43-45(9,10)40(2,3)4)24-25-35-36-26-31-18-17-23-38(42-8)37(31)27-32(36)28-39(35)44-46(41(5,6)7,33-19-13-11-14-20-33)34-21-15-12-16-22-34;1-17(16-28-29(6,7)25(2,3)4)11-12-20-21-13-18-9-8-10-24(27-5)22(18)14-19(21)15-23(20)26/h11-23,30,32,35-36,39H,24-29H2,1-10H3;8-10,17,19-21,23,26H,11-16H2,1-7H3/t30-,32+,35-,36+,39-;17-,19+,20?,21+,23-/m11/s1. The van der Waals surface area contributed by atoms with Gasteiger partial charge in [-0.15, -0.1) is 0 Å². The van der Waals surface area contributed by atoms with Crippen LogP contribution in [0.2, 0.25) is 41.3 Å². The molecule has 4 aliphatic rings. The molecule has 8 rings (SSSR count). The van der Waals surface area contributed by atoms with Gasteiger partial charge in [0.25, 0.3) is 8.32 Å². The largest absolute Gasteiger partial charge is 0.496 e. The highest BCUT2D eigenvalue weighted by Gasteiger charge is 2.55. The molecule has 0 aromatic heterocycles. The third-order valence-corrected chi connectivity index (χ3v) is 34.0. The zero-order valence-electron chi connectivity index (χ0n) is 50.0. The monoisotopic (exact) mass is 1070 g/mol. The zero-order chi connectivity index (χ0) is 54.7. The van der Waals surface area contributed by atoms with E-state index in [1.165, 1.54) is 45.5 Å². The molecule has 2 fully saturated rings. The number of benzene rings is 4. The molecule has 1 unspecified atom stereocenters. The minimum atomic E-state index is -2.68. The predicted molar refractivity (Wildman–Crippen MR) is 323 cm³/mol. The summed E-state index contributed by atoms with van der Waals surface area (Å²) in [5.41, 5.74) is 5.71. The molecule has 0 aliphatic heterocycles. The van der Waals surface area contributed by atoms with Gasteiger partial charge in [0.05, 0.1) is 20.3 Å². The Labute approximate surface area is 460 Å². The summed E-state index contributed by atoms with van der Waals surface area (Å²) in [5, 5.41) is 14.1. The van der Waals surface area contributed by atoms with Gasteiger partial charge in [-0.25, -0.2) is 0 Å². The summed E-state index contributed by atoms with van der Waals surface area (Å²) < 4.78 is 32.6. The van der Waals surface area contributed by atoms with Gasteiger partial charge < -0.3 is 27.9 Å². The lowest BCUT2D eigenvalue weighted by atomic mass is 9.73. The number of ether oxygens (including phenoxy) is 2. The van der Waals surface area contributed by atoms with Gasteiger partial charge in [0, 0.05) is 19.3 Å². The fourth-order valence-corrected chi connectivity index (χ4v) is 20.3. The quantitative estimate of drug-likeness (QED) is 0.100. The second-order valence-electron chi connectivity index (χ2n) is 28.1. The number of hydrogen-bond donors (Lipinski definition) is 1. The maximum absolute atomic E-state index is 10.8. The normalized spacial score (nSPS) is 24.7. The number of aliphatic hydroxyl groups is 1. The molecule has 9 heteroatoms. The Kier molecular flexibility index (Phi) is 19.2. The molecule has 2 saturated carbocycles. The van der Waals surface area contributed by atoms with Crippen molar-refractivity contribution < 1.29 is 27.9 Å². The van der Waals surface area contributed by atoms with Crippen molar-refractivity contribution in [3.63, 3.8) is 0 Å². The molecule has 0 amide bonds. The van der Waals surface area contributed by atoms with Gasteiger partial charge in [0.1, 0.15) is 11.5 Å². The lowest BCUT2D eigenvalue weighted by molar-refractivity contribution is 0.103. The summed E-state index contributed by atoms with van der Waals surface area (Å²) in [5.74, 6) is 6.53. The first-order valence-corrected chi connectivity index (χ1v) is 37.0. The summed E-state index contributed by atoms with van der Waals surface area (Å²) in [4.78, 5) is 0. The lowest BCUT2D eigenvalue weighted by Crippen LogP contribution is -2.68. The van der Waals surface area contributed by atoms with Crippen LogP contribution in [0.5, 0.6) is 11.5 Å². The van der Waals surface area contributed by atoms with E-state index in [4.69, 9.17) is 22.8 Å². The number of aliphatic hydroxyl groups excluding tert-OH is 1. The minimum absolute atomic E-state index is 0.0372. The van der Waals surface area contributed by atoms with E-state index >= 15 is 0 Å². The van der Waals surface area contributed by atoms with Crippen molar-refractivity contribution in [3.8, 4) is 11.5 Å². The fraction of sp³-hybridized carbons (Fsp3) is 0.636. The first-order chi connectivity index (χ1) is 35.2. The van der Waals surface area contributed by atoms with Crippen molar-refractivity contribution in [1.29, 1.82) is 0 Å². The Morgan fingerprint density at radius 1 is 0.520 bits per heavy atom. The van der Waals surface area contributed by atoms with Crippen molar-refractivity contribution >= 4 is 35.3 Å². The Morgan fingerprint density at radius 2 is 0.933 bits per heavy atom. The average molecular weight is 1080 g/mol. The summed E-state index contributed by atoms with van der Waals surface area (Å²) in [7, 11) is -2.55. The Bertz CT molecular complexity index is 2400. The van der Waals surface area contributed by atoms with Crippen molar-refractivity contribution in [2.24, 2.45) is 47.3 Å². The molecule has 0 spiro atoms. The Balaban J connectivity index is 0.000000243.